The number of rotatable bonds is 3. The molecule has 0 heterocycles. The molecule has 0 amide bonds. The van der Waals surface area contributed by atoms with Crippen molar-refractivity contribution in [2.24, 2.45) is 0 Å². The molecule has 0 saturated carbocycles. The average molecular weight is 413 g/mol. The van der Waals surface area contributed by atoms with Crippen molar-refractivity contribution in [3.05, 3.63) is 91.0 Å². The van der Waals surface area contributed by atoms with Gasteiger partial charge in [-0.2, -0.15) is 0 Å². The molecule has 2 heteroatoms. The topological polar surface area (TPSA) is 0 Å². The third-order valence-corrected chi connectivity index (χ3v) is 8.17. The Morgan fingerprint density at radius 1 is 0.400 bits per heavy atom. The van der Waals surface area contributed by atoms with E-state index in [0.717, 1.165) is 0 Å². The van der Waals surface area contributed by atoms with Gasteiger partial charge in [-0.15, -0.1) is 0 Å². The quantitative estimate of drug-likeness (QED) is 0.579. The van der Waals surface area contributed by atoms with Crippen LogP contribution >= 0.6 is 0 Å². The van der Waals surface area contributed by atoms with Gasteiger partial charge in [0.15, 0.2) is 0 Å². The summed E-state index contributed by atoms with van der Waals surface area (Å²) in [7, 11) is 0. The van der Waals surface area contributed by atoms with Gasteiger partial charge >= 0.3 is 119 Å². The van der Waals surface area contributed by atoms with Crippen molar-refractivity contribution in [1.29, 1.82) is 0 Å². The van der Waals surface area contributed by atoms with Crippen LogP contribution in [0.2, 0.25) is 0 Å². The van der Waals surface area contributed by atoms with Crippen LogP contribution in [0, 0.1) is 0 Å². The molecular weight excluding hydrogens is 398 g/mol. The van der Waals surface area contributed by atoms with Crippen LogP contribution < -0.4 is 13.1 Å². The van der Waals surface area contributed by atoms with Crippen LogP contribution in [-0.2, 0) is 20.4 Å². The summed E-state index contributed by atoms with van der Waals surface area (Å²) in [4.78, 5) is 0. The fourth-order valence-electron chi connectivity index (χ4n) is 2.18. The summed E-state index contributed by atoms with van der Waals surface area (Å²) in [5, 5.41) is 0. The Kier molecular flexibility index (Phi) is 5.81. The second-order valence-electron chi connectivity index (χ2n) is 4.34. The van der Waals surface area contributed by atoms with Gasteiger partial charge < -0.3 is 0 Å². The van der Waals surface area contributed by atoms with E-state index < -0.39 is 14.7 Å². The summed E-state index contributed by atoms with van der Waals surface area (Å²) < 4.78 is 4.44. The van der Waals surface area contributed by atoms with Crippen molar-refractivity contribution in [3.8, 4) is 0 Å². The Hall–Kier alpha value is -1.12. The van der Waals surface area contributed by atoms with Gasteiger partial charge in [0, 0.05) is 20.4 Å². The normalized spacial score (nSPS) is 10.1. The first-order valence-electron chi connectivity index (χ1n) is 6.40. The Balaban J connectivity index is 0.00000147. The first-order valence-corrected chi connectivity index (χ1v) is 9.22. The van der Waals surface area contributed by atoms with Crippen LogP contribution in [0.1, 0.15) is 0 Å². The predicted molar refractivity (Wildman–Crippen MR) is 84.0 cm³/mol. The standard InChI is InChI=1S/C18H15As.Pd/c1-4-10-16(11-5-1)19(17-12-6-2-7-13-17)18-14-8-3-9-15-18;/h1-15H;. The first-order chi connectivity index (χ1) is 9.45. The van der Waals surface area contributed by atoms with E-state index in [0.29, 0.717) is 0 Å². The van der Waals surface area contributed by atoms with E-state index in [9.17, 15) is 0 Å². The van der Waals surface area contributed by atoms with E-state index in [1.165, 1.54) is 13.1 Å². The maximum atomic E-state index is 2.26. The predicted octanol–water partition coefficient (Wildman–Crippen LogP) is 2.20. The number of benzene rings is 3. The summed E-state index contributed by atoms with van der Waals surface area (Å²) in [6.45, 7) is 0. The Bertz CT molecular complexity index is 529. The van der Waals surface area contributed by atoms with Crippen molar-refractivity contribution in [2.45, 2.75) is 0 Å². The van der Waals surface area contributed by atoms with Gasteiger partial charge in [0.25, 0.3) is 0 Å². The average Bonchev–Trinajstić information content (AvgIpc) is 2.51. The zero-order chi connectivity index (χ0) is 12.9. The van der Waals surface area contributed by atoms with Gasteiger partial charge in [0.05, 0.1) is 0 Å². The Labute approximate surface area is 138 Å². The molecule has 102 valence electrons. The van der Waals surface area contributed by atoms with Crippen LogP contribution in [0.15, 0.2) is 91.0 Å². The van der Waals surface area contributed by atoms with Gasteiger partial charge in [-0.1, -0.05) is 0 Å². The van der Waals surface area contributed by atoms with E-state index in [2.05, 4.69) is 91.0 Å². The molecule has 0 aliphatic carbocycles. The fraction of sp³-hybridized carbons (Fsp3) is 0. The summed E-state index contributed by atoms with van der Waals surface area (Å²) in [6.07, 6.45) is 0. The fourth-order valence-corrected chi connectivity index (χ4v) is 7.02. The number of hydrogen-bond donors (Lipinski definition) is 0. The van der Waals surface area contributed by atoms with Crippen LogP contribution in [0.5, 0.6) is 0 Å². The molecule has 0 aromatic heterocycles. The van der Waals surface area contributed by atoms with Crippen molar-refractivity contribution in [1.82, 2.24) is 0 Å². The molecule has 3 rings (SSSR count). The summed E-state index contributed by atoms with van der Waals surface area (Å²) in [6, 6.07) is 32.7. The molecule has 0 radical (unpaired) electrons. The van der Waals surface area contributed by atoms with Crippen LogP contribution in [-0.4, -0.2) is 14.7 Å². The van der Waals surface area contributed by atoms with Gasteiger partial charge in [-0.05, 0) is 0 Å². The summed E-state index contributed by atoms with van der Waals surface area (Å²) >= 11 is -1.39. The number of hydrogen-bond acceptors (Lipinski definition) is 0. The van der Waals surface area contributed by atoms with Crippen LogP contribution in [0.4, 0.5) is 0 Å². The van der Waals surface area contributed by atoms with Crippen LogP contribution in [0.25, 0.3) is 0 Å². The van der Waals surface area contributed by atoms with Gasteiger partial charge in [0.2, 0.25) is 0 Å². The van der Waals surface area contributed by atoms with Gasteiger partial charge in [-0.25, -0.2) is 0 Å². The molecule has 0 N–H and O–H groups in total. The molecule has 0 atom stereocenters. The van der Waals surface area contributed by atoms with Gasteiger partial charge in [0.1, 0.15) is 0 Å². The zero-order valence-electron chi connectivity index (χ0n) is 10.9. The van der Waals surface area contributed by atoms with Gasteiger partial charge in [-0.3, -0.25) is 0 Å². The molecule has 0 aliphatic rings. The molecular formula is C18H15AsPd. The van der Waals surface area contributed by atoms with E-state index in [4.69, 9.17) is 0 Å². The second kappa shape index (κ2) is 7.61. The Morgan fingerprint density at radius 2 is 0.650 bits per heavy atom. The molecule has 0 saturated heterocycles. The van der Waals surface area contributed by atoms with E-state index in [-0.39, 0.29) is 20.4 Å². The molecule has 3 aromatic carbocycles. The molecule has 0 bridgehead atoms. The van der Waals surface area contributed by atoms with E-state index in [1.807, 2.05) is 0 Å². The maximum absolute atomic E-state index is 2.26. The molecule has 0 aliphatic heterocycles. The minimum atomic E-state index is -1.39. The summed E-state index contributed by atoms with van der Waals surface area (Å²) in [5.74, 6) is 0. The SMILES string of the molecule is [Pd].c1ccc([As](c2ccccc2)c2ccccc2)cc1. The molecule has 0 fully saturated rings. The molecule has 0 nitrogen and oxygen atoms in total. The van der Waals surface area contributed by atoms with Crippen molar-refractivity contribution < 1.29 is 20.4 Å². The minimum absolute atomic E-state index is 0. The molecule has 3 aromatic rings. The third-order valence-electron chi connectivity index (χ3n) is 3.04. The zero-order valence-corrected chi connectivity index (χ0v) is 14.4. The van der Waals surface area contributed by atoms with E-state index in [1.54, 1.807) is 0 Å². The Morgan fingerprint density at radius 3 is 0.900 bits per heavy atom. The third kappa shape index (κ3) is 3.50. The van der Waals surface area contributed by atoms with Crippen LogP contribution in [0.3, 0.4) is 0 Å². The second-order valence-corrected chi connectivity index (χ2v) is 9.00. The monoisotopic (exact) mass is 412 g/mol. The van der Waals surface area contributed by atoms with Crippen molar-refractivity contribution in [3.63, 3.8) is 0 Å². The first kappa shape index (κ1) is 15.3. The van der Waals surface area contributed by atoms with Crippen molar-refractivity contribution >= 4 is 27.7 Å². The molecule has 20 heavy (non-hydrogen) atoms. The molecule has 0 spiro atoms. The summed E-state index contributed by atoms with van der Waals surface area (Å²) in [5.41, 5.74) is 0. The van der Waals surface area contributed by atoms with Crippen molar-refractivity contribution in [2.75, 3.05) is 0 Å². The van der Waals surface area contributed by atoms with E-state index >= 15 is 0 Å². The molecule has 0 unspecified atom stereocenters.